The second-order valence-corrected chi connectivity index (χ2v) is 4.59. The van der Waals surface area contributed by atoms with Gasteiger partial charge in [-0.15, -0.1) is 6.58 Å². The van der Waals surface area contributed by atoms with E-state index in [1.165, 1.54) is 5.75 Å². The minimum absolute atomic E-state index is 0.180. The van der Waals surface area contributed by atoms with E-state index in [-0.39, 0.29) is 5.91 Å². The van der Waals surface area contributed by atoms with E-state index in [0.29, 0.717) is 19.1 Å². The van der Waals surface area contributed by atoms with E-state index in [4.69, 9.17) is 0 Å². The average Bonchev–Trinajstić information content (AvgIpc) is 2.69. The van der Waals surface area contributed by atoms with Crippen LogP contribution in [0.4, 0.5) is 0 Å². The summed E-state index contributed by atoms with van der Waals surface area (Å²) in [7, 11) is 1.90. The van der Waals surface area contributed by atoms with Gasteiger partial charge in [-0.2, -0.15) is 11.8 Å². The van der Waals surface area contributed by atoms with Gasteiger partial charge in [0.25, 0.3) is 0 Å². The fourth-order valence-corrected chi connectivity index (χ4v) is 2.70. The van der Waals surface area contributed by atoms with Gasteiger partial charge in [0.1, 0.15) is 0 Å². The lowest BCUT2D eigenvalue weighted by molar-refractivity contribution is -0.130. The summed E-state index contributed by atoms with van der Waals surface area (Å²) in [6, 6.07) is 0.443. The van der Waals surface area contributed by atoms with Crippen LogP contribution in [0.5, 0.6) is 0 Å². The molecule has 0 aliphatic carbocycles. The molecule has 1 amide bonds. The summed E-state index contributed by atoms with van der Waals surface area (Å²) in [5.74, 6) is 2.45. The number of thioether (sulfide) groups is 1. The first kappa shape index (κ1) is 11.6. The lowest BCUT2D eigenvalue weighted by atomic mass is 10.2. The van der Waals surface area contributed by atoms with E-state index in [1.54, 1.807) is 6.08 Å². The largest absolute Gasteiger partial charge is 0.341 e. The third-order valence-electron chi connectivity index (χ3n) is 2.41. The summed E-state index contributed by atoms with van der Waals surface area (Å²) in [4.78, 5) is 13.5. The minimum atomic E-state index is 0.180. The highest BCUT2D eigenvalue weighted by molar-refractivity contribution is 7.99. The van der Waals surface area contributed by atoms with Crippen LogP contribution in [-0.2, 0) is 4.79 Å². The molecule has 0 spiro atoms. The van der Waals surface area contributed by atoms with Crippen molar-refractivity contribution in [2.75, 3.05) is 31.6 Å². The Bertz CT molecular complexity index is 202. The van der Waals surface area contributed by atoms with E-state index in [0.717, 1.165) is 12.2 Å². The molecule has 0 radical (unpaired) electrons. The fourth-order valence-electron chi connectivity index (χ4n) is 1.44. The van der Waals surface area contributed by atoms with Gasteiger partial charge in [-0.05, 0) is 12.2 Å². The number of nitrogens with one attached hydrogen (secondary N) is 1. The van der Waals surface area contributed by atoms with Crippen molar-refractivity contribution >= 4 is 17.7 Å². The Morgan fingerprint density at radius 2 is 2.57 bits per heavy atom. The summed E-state index contributed by atoms with van der Waals surface area (Å²) in [5.41, 5.74) is 0. The number of hydrogen-bond acceptors (Lipinski definition) is 3. The zero-order valence-corrected chi connectivity index (χ0v) is 9.48. The number of nitrogens with zero attached hydrogens (tertiary/aromatic N) is 1. The number of likely N-dealkylation sites (N-methyl/N-ethyl adjacent to an activating group) is 1. The van der Waals surface area contributed by atoms with Crippen molar-refractivity contribution in [3.63, 3.8) is 0 Å². The van der Waals surface area contributed by atoms with Gasteiger partial charge in [-0.25, -0.2) is 0 Å². The first-order valence-corrected chi connectivity index (χ1v) is 6.06. The maximum atomic E-state index is 11.6. The Morgan fingerprint density at radius 1 is 1.79 bits per heavy atom. The Balaban J connectivity index is 2.24. The van der Waals surface area contributed by atoms with Gasteiger partial charge in [-0.3, -0.25) is 4.79 Å². The molecule has 0 bridgehead atoms. The molecule has 4 heteroatoms. The molecular formula is C10H18N2OS. The predicted molar refractivity (Wildman–Crippen MR) is 61.6 cm³/mol. The molecule has 1 heterocycles. The van der Waals surface area contributed by atoms with E-state index in [1.807, 2.05) is 23.7 Å². The summed E-state index contributed by atoms with van der Waals surface area (Å²) in [6.07, 6.45) is 2.90. The minimum Gasteiger partial charge on any atom is -0.341 e. The molecule has 0 saturated carbocycles. The molecule has 1 rings (SSSR count). The Hall–Kier alpha value is -0.480. The highest BCUT2D eigenvalue weighted by Gasteiger charge is 2.22. The third-order valence-corrected chi connectivity index (χ3v) is 3.56. The van der Waals surface area contributed by atoms with Crippen LogP contribution in [0.15, 0.2) is 12.7 Å². The molecule has 0 aromatic rings. The van der Waals surface area contributed by atoms with E-state index >= 15 is 0 Å². The van der Waals surface area contributed by atoms with Crippen LogP contribution in [0.3, 0.4) is 0 Å². The predicted octanol–water partition coefficient (Wildman–Crippen LogP) is 0.726. The lowest BCUT2D eigenvalue weighted by Crippen LogP contribution is -2.42. The smallest absolute Gasteiger partial charge is 0.236 e. The number of carbonyl (C=O) groups excluding carboxylic acids is 1. The lowest BCUT2D eigenvalue weighted by Gasteiger charge is -2.23. The van der Waals surface area contributed by atoms with Gasteiger partial charge in [0, 0.05) is 25.4 Å². The monoisotopic (exact) mass is 214 g/mol. The summed E-state index contributed by atoms with van der Waals surface area (Å²) < 4.78 is 0. The summed E-state index contributed by atoms with van der Waals surface area (Å²) in [6.45, 7) is 4.70. The number of amides is 1. The highest BCUT2D eigenvalue weighted by Crippen LogP contribution is 2.21. The fraction of sp³-hybridized carbons (Fsp3) is 0.700. The SMILES string of the molecule is C=CCNCC(=O)N(C)C1CCSC1. The number of hydrogen-bond donors (Lipinski definition) is 1. The van der Waals surface area contributed by atoms with E-state index < -0.39 is 0 Å². The van der Waals surface area contributed by atoms with Gasteiger partial charge in [0.2, 0.25) is 5.91 Å². The first-order chi connectivity index (χ1) is 6.75. The summed E-state index contributed by atoms with van der Waals surface area (Å²) >= 11 is 1.93. The molecule has 3 nitrogen and oxygen atoms in total. The Kier molecular flexibility index (Phi) is 5.04. The average molecular weight is 214 g/mol. The molecule has 1 N–H and O–H groups in total. The van der Waals surface area contributed by atoms with Crippen LogP contribution in [0, 0.1) is 0 Å². The van der Waals surface area contributed by atoms with Crippen molar-refractivity contribution in [1.29, 1.82) is 0 Å². The Morgan fingerprint density at radius 3 is 3.14 bits per heavy atom. The molecule has 1 aliphatic heterocycles. The normalized spacial score (nSPS) is 20.8. The molecule has 1 unspecified atom stereocenters. The molecule has 0 aromatic heterocycles. The standard InChI is InChI=1S/C10H18N2OS/c1-3-5-11-7-10(13)12(2)9-4-6-14-8-9/h3,9,11H,1,4-8H2,2H3. The maximum absolute atomic E-state index is 11.6. The van der Waals surface area contributed by atoms with Crippen molar-refractivity contribution in [1.82, 2.24) is 10.2 Å². The van der Waals surface area contributed by atoms with Crippen LogP contribution in [-0.4, -0.2) is 48.5 Å². The number of carbonyl (C=O) groups is 1. The molecular weight excluding hydrogens is 196 g/mol. The van der Waals surface area contributed by atoms with Gasteiger partial charge in [0.05, 0.1) is 6.54 Å². The van der Waals surface area contributed by atoms with Crippen molar-refractivity contribution in [2.24, 2.45) is 0 Å². The van der Waals surface area contributed by atoms with Crippen LogP contribution in [0.2, 0.25) is 0 Å². The Labute approximate surface area is 89.9 Å². The van der Waals surface area contributed by atoms with Crippen LogP contribution >= 0.6 is 11.8 Å². The van der Waals surface area contributed by atoms with Gasteiger partial charge < -0.3 is 10.2 Å². The molecule has 1 fully saturated rings. The van der Waals surface area contributed by atoms with Crippen LogP contribution < -0.4 is 5.32 Å². The second-order valence-electron chi connectivity index (χ2n) is 3.44. The molecule has 1 saturated heterocycles. The highest BCUT2D eigenvalue weighted by atomic mass is 32.2. The van der Waals surface area contributed by atoms with Crippen LogP contribution in [0.1, 0.15) is 6.42 Å². The van der Waals surface area contributed by atoms with Crippen molar-refractivity contribution in [3.8, 4) is 0 Å². The number of rotatable bonds is 5. The van der Waals surface area contributed by atoms with E-state index in [9.17, 15) is 4.79 Å². The van der Waals surface area contributed by atoms with Crippen molar-refractivity contribution in [2.45, 2.75) is 12.5 Å². The van der Waals surface area contributed by atoms with Gasteiger partial charge >= 0.3 is 0 Å². The first-order valence-electron chi connectivity index (χ1n) is 4.90. The topological polar surface area (TPSA) is 32.3 Å². The quantitative estimate of drug-likeness (QED) is 0.541. The molecule has 80 valence electrons. The molecule has 1 aliphatic rings. The maximum Gasteiger partial charge on any atom is 0.236 e. The van der Waals surface area contributed by atoms with Crippen molar-refractivity contribution < 1.29 is 4.79 Å². The molecule has 0 aromatic carbocycles. The zero-order chi connectivity index (χ0) is 10.4. The second kappa shape index (κ2) is 6.09. The van der Waals surface area contributed by atoms with Gasteiger partial charge in [-0.1, -0.05) is 6.08 Å². The third kappa shape index (κ3) is 3.35. The van der Waals surface area contributed by atoms with E-state index in [2.05, 4.69) is 11.9 Å². The van der Waals surface area contributed by atoms with Crippen LogP contribution in [0.25, 0.3) is 0 Å². The zero-order valence-electron chi connectivity index (χ0n) is 8.66. The summed E-state index contributed by atoms with van der Waals surface area (Å²) in [5, 5.41) is 3.02. The van der Waals surface area contributed by atoms with Gasteiger partial charge in [0.15, 0.2) is 0 Å². The molecule has 14 heavy (non-hydrogen) atoms. The van der Waals surface area contributed by atoms with Crippen molar-refractivity contribution in [3.05, 3.63) is 12.7 Å². The molecule has 1 atom stereocenters.